The summed E-state index contributed by atoms with van der Waals surface area (Å²) in [6.45, 7) is 2.80. The highest BCUT2D eigenvalue weighted by atomic mass is 35.5. The molecular weight excluding hydrogens is 239 g/mol. The largest absolute Gasteiger partial charge is 0.320 e. The summed E-state index contributed by atoms with van der Waals surface area (Å²) in [7, 11) is 0. The van der Waals surface area contributed by atoms with Crippen molar-refractivity contribution in [1.82, 2.24) is 15.3 Å². The Morgan fingerprint density at radius 2 is 2.00 bits per heavy atom. The molecular formula is C8H10Cl2N4O. The van der Waals surface area contributed by atoms with Gasteiger partial charge in [0.05, 0.1) is 6.54 Å². The van der Waals surface area contributed by atoms with E-state index in [1.165, 1.54) is 6.33 Å². The molecule has 0 bridgehead atoms. The highest BCUT2D eigenvalue weighted by molar-refractivity contribution is 6.38. The van der Waals surface area contributed by atoms with Crippen LogP contribution in [0.2, 0.25) is 10.3 Å². The third-order valence-corrected chi connectivity index (χ3v) is 2.13. The second-order valence-corrected chi connectivity index (χ2v) is 3.37. The fraction of sp³-hybridized carbons (Fsp3) is 0.375. The Balaban J connectivity index is 2.68. The number of hydrogen-bond acceptors (Lipinski definition) is 4. The topological polar surface area (TPSA) is 66.9 Å². The molecule has 1 aromatic rings. The van der Waals surface area contributed by atoms with Gasteiger partial charge < -0.3 is 10.6 Å². The molecule has 0 atom stereocenters. The van der Waals surface area contributed by atoms with Gasteiger partial charge in [0.2, 0.25) is 5.91 Å². The molecule has 0 aliphatic rings. The van der Waals surface area contributed by atoms with Gasteiger partial charge in [-0.1, -0.05) is 30.1 Å². The summed E-state index contributed by atoms with van der Waals surface area (Å²) < 4.78 is 0. The lowest BCUT2D eigenvalue weighted by molar-refractivity contribution is -0.115. The molecule has 0 saturated carbocycles. The number of rotatable bonds is 4. The molecule has 0 fully saturated rings. The van der Waals surface area contributed by atoms with E-state index in [1.807, 2.05) is 6.92 Å². The molecule has 1 aromatic heterocycles. The van der Waals surface area contributed by atoms with Gasteiger partial charge in [-0.15, -0.1) is 0 Å². The zero-order valence-corrected chi connectivity index (χ0v) is 9.56. The number of anilines is 1. The van der Waals surface area contributed by atoms with Crippen LogP contribution in [0.25, 0.3) is 0 Å². The molecule has 0 aliphatic carbocycles. The summed E-state index contributed by atoms with van der Waals surface area (Å²) in [4.78, 5) is 18.7. The van der Waals surface area contributed by atoms with Gasteiger partial charge in [0.15, 0.2) is 10.3 Å². The van der Waals surface area contributed by atoms with Crippen molar-refractivity contribution in [3.05, 3.63) is 16.6 Å². The van der Waals surface area contributed by atoms with Crippen LogP contribution in [-0.4, -0.2) is 29.0 Å². The van der Waals surface area contributed by atoms with Gasteiger partial charge in [0.1, 0.15) is 12.0 Å². The molecule has 0 saturated heterocycles. The molecule has 0 unspecified atom stereocenters. The quantitative estimate of drug-likeness (QED) is 0.790. The minimum absolute atomic E-state index is 0.125. The van der Waals surface area contributed by atoms with Crippen molar-refractivity contribution in [2.45, 2.75) is 6.92 Å². The molecule has 1 amide bonds. The fourth-order valence-electron chi connectivity index (χ4n) is 0.870. The number of hydrogen-bond donors (Lipinski definition) is 2. The zero-order chi connectivity index (χ0) is 11.3. The average molecular weight is 249 g/mol. The molecule has 82 valence electrons. The maximum absolute atomic E-state index is 11.3. The summed E-state index contributed by atoms with van der Waals surface area (Å²) in [6, 6.07) is 0. The minimum Gasteiger partial charge on any atom is -0.320 e. The highest BCUT2D eigenvalue weighted by Crippen LogP contribution is 2.25. The predicted octanol–water partition coefficient (Wildman–Crippen LogP) is 1.33. The van der Waals surface area contributed by atoms with Crippen molar-refractivity contribution in [2.24, 2.45) is 0 Å². The van der Waals surface area contributed by atoms with E-state index in [2.05, 4.69) is 20.6 Å². The van der Waals surface area contributed by atoms with Crippen molar-refractivity contribution in [3.8, 4) is 0 Å². The van der Waals surface area contributed by atoms with Gasteiger partial charge in [-0.2, -0.15) is 0 Å². The summed E-state index contributed by atoms with van der Waals surface area (Å²) >= 11 is 11.5. The van der Waals surface area contributed by atoms with Crippen LogP contribution in [0.1, 0.15) is 6.92 Å². The average Bonchev–Trinajstić information content (AvgIpc) is 2.21. The van der Waals surface area contributed by atoms with Crippen molar-refractivity contribution in [2.75, 3.05) is 18.4 Å². The Labute approximate surface area is 97.2 Å². The Hall–Kier alpha value is -0.910. The first-order valence-corrected chi connectivity index (χ1v) is 5.07. The van der Waals surface area contributed by atoms with Crippen LogP contribution in [0.4, 0.5) is 5.69 Å². The monoisotopic (exact) mass is 248 g/mol. The van der Waals surface area contributed by atoms with E-state index in [1.54, 1.807) is 0 Å². The van der Waals surface area contributed by atoms with Crippen LogP contribution in [-0.2, 0) is 4.79 Å². The van der Waals surface area contributed by atoms with Crippen molar-refractivity contribution >= 4 is 34.8 Å². The maximum Gasteiger partial charge on any atom is 0.238 e. The second-order valence-electron chi connectivity index (χ2n) is 2.66. The van der Waals surface area contributed by atoms with Crippen LogP contribution in [0, 0.1) is 0 Å². The van der Waals surface area contributed by atoms with E-state index in [-0.39, 0.29) is 28.4 Å². The van der Waals surface area contributed by atoms with E-state index >= 15 is 0 Å². The Morgan fingerprint density at radius 3 is 2.53 bits per heavy atom. The van der Waals surface area contributed by atoms with Crippen LogP contribution < -0.4 is 10.6 Å². The molecule has 1 heterocycles. The van der Waals surface area contributed by atoms with Crippen molar-refractivity contribution in [3.63, 3.8) is 0 Å². The zero-order valence-electron chi connectivity index (χ0n) is 8.05. The van der Waals surface area contributed by atoms with Gasteiger partial charge in [0, 0.05) is 0 Å². The number of nitrogens with one attached hydrogen (secondary N) is 2. The lowest BCUT2D eigenvalue weighted by Gasteiger charge is -2.07. The first-order chi connectivity index (χ1) is 7.15. The summed E-state index contributed by atoms with van der Waals surface area (Å²) in [5, 5.41) is 5.64. The summed E-state index contributed by atoms with van der Waals surface area (Å²) in [5.74, 6) is -0.240. The molecule has 2 N–H and O–H groups in total. The van der Waals surface area contributed by atoms with E-state index < -0.39 is 0 Å². The van der Waals surface area contributed by atoms with E-state index in [0.29, 0.717) is 6.54 Å². The number of amides is 1. The molecule has 1 rings (SSSR count). The van der Waals surface area contributed by atoms with Crippen molar-refractivity contribution < 1.29 is 4.79 Å². The molecule has 0 spiro atoms. The predicted molar refractivity (Wildman–Crippen MR) is 59.2 cm³/mol. The van der Waals surface area contributed by atoms with E-state index in [9.17, 15) is 4.79 Å². The van der Waals surface area contributed by atoms with Crippen LogP contribution in [0.5, 0.6) is 0 Å². The molecule has 0 aliphatic heterocycles. The van der Waals surface area contributed by atoms with E-state index in [0.717, 1.165) is 0 Å². The Bertz CT molecular complexity index is 338. The SMILES string of the molecule is CCNCC(=O)Nc1c(Cl)ncnc1Cl. The smallest absolute Gasteiger partial charge is 0.238 e. The summed E-state index contributed by atoms with van der Waals surface area (Å²) in [5.41, 5.74) is 0.240. The van der Waals surface area contributed by atoms with Gasteiger partial charge >= 0.3 is 0 Å². The second kappa shape index (κ2) is 5.85. The first kappa shape index (κ1) is 12.2. The molecule has 15 heavy (non-hydrogen) atoms. The first-order valence-electron chi connectivity index (χ1n) is 4.31. The number of nitrogens with zero attached hydrogens (tertiary/aromatic N) is 2. The van der Waals surface area contributed by atoms with Crippen LogP contribution in [0.3, 0.4) is 0 Å². The maximum atomic E-state index is 11.3. The van der Waals surface area contributed by atoms with E-state index in [4.69, 9.17) is 23.2 Å². The molecule has 0 radical (unpaired) electrons. The molecule has 7 heteroatoms. The van der Waals surface area contributed by atoms with Gasteiger partial charge in [-0.05, 0) is 6.54 Å². The highest BCUT2D eigenvalue weighted by Gasteiger charge is 2.10. The minimum atomic E-state index is -0.240. The number of carbonyl (C=O) groups is 1. The third kappa shape index (κ3) is 3.62. The Morgan fingerprint density at radius 1 is 1.40 bits per heavy atom. The standard InChI is InChI=1S/C8H10Cl2N4O/c1-2-11-3-5(15)14-6-7(9)12-4-13-8(6)10/h4,11H,2-3H2,1H3,(H,14,15). The summed E-state index contributed by atoms with van der Waals surface area (Å²) in [6.07, 6.45) is 1.23. The molecule has 0 aromatic carbocycles. The van der Waals surface area contributed by atoms with Crippen molar-refractivity contribution in [1.29, 1.82) is 0 Å². The van der Waals surface area contributed by atoms with Crippen LogP contribution >= 0.6 is 23.2 Å². The Kier molecular flexibility index (Phi) is 4.74. The normalized spacial score (nSPS) is 10.1. The molecule has 5 nitrogen and oxygen atoms in total. The number of likely N-dealkylation sites (N-methyl/N-ethyl adjacent to an activating group) is 1. The lowest BCUT2D eigenvalue weighted by atomic mass is 10.4. The number of aromatic nitrogens is 2. The van der Waals surface area contributed by atoms with Gasteiger partial charge in [0.25, 0.3) is 0 Å². The lowest BCUT2D eigenvalue weighted by Crippen LogP contribution is -2.28. The fourth-order valence-corrected chi connectivity index (χ4v) is 1.28. The third-order valence-electron chi connectivity index (χ3n) is 1.55. The van der Waals surface area contributed by atoms with Gasteiger partial charge in [-0.25, -0.2) is 9.97 Å². The van der Waals surface area contributed by atoms with Crippen LogP contribution in [0.15, 0.2) is 6.33 Å². The number of halogens is 2. The van der Waals surface area contributed by atoms with Gasteiger partial charge in [-0.3, -0.25) is 4.79 Å². The number of carbonyl (C=O) groups excluding carboxylic acids is 1.